The maximum absolute atomic E-state index is 11.0. The van der Waals surface area contributed by atoms with Crippen LogP contribution in [0.25, 0.3) is 11.3 Å². The Kier molecular flexibility index (Phi) is 2.63. The van der Waals surface area contributed by atoms with E-state index >= 15 is 0 Å². The molecular weight excluding hydrogens is 246 g/mol. The number of nitrogens with one attached hydrogen (secondary N) is 1. The Morgan fingerprint density at radius 2 is 2.26 bits per heavy atom. The molecule has 0 aliphatic carbocycles. The fraction of sp³-hybridized carbons (Fsp3) is 0.231. The van der Waals surface area contributed by atoms with Gasteiger partial charge in [0.25, 0.3) is 0 Å². The van der Waals surface area contributed by atoms with Gasteiger partial charge in [-0.2, -0.15) is 5.10 Å². The van der Waals surface area contributed by atoms with Crippen molar-refractivity contribution in [3.8, 4) is 17.0 Å². The zero-order valence-electron chi connectivity index (χ0n) is 10.1. The van der Waals surface area contributed by atoms with Crippen LogP contribution in [0.15, 0.2) is 24.4 Å². The van der Waals surface area contributed by atoms with E-state index in [4.69, 9.17) is 5.11 Å². The van der Waals surface area contributed by atoms with Crippen molar-refractivity contribution in [3.05, 3.63) is 35.5 Å². The summed E-state index contributed by atoms with van der Waals surface area (Å²) in [5.41, 5.74) is 3.37. The number of carboxylic acid groups (broad SMARTS) is 1. The van der Waals surface area contributed by atoms with Crippen LogP contribution < -0.4 is 0 Å². The van der Waals surface area contributed by atoms with E-state index in [9.17, 15) is 9.90 Å². The van der Waals surface area contributed by atoms with Gasteiger partial charge in [-0.1, -0.05) is 0 Å². The van der Waals surface area contributed by atoms with Gasteiger partial charge >= 0.3 is 6.09 Å². The molecular formula is C13H13N3O3. The summed E-state index contributed by atoms with van der Waals surface area (Å²) in [6.45, 7) is 0.688. The number of carbonyl (C=O) groups is 1. The van der Waals surface area contributed by atoms with Crippen LogP contribution in [-0.2, 0) is 13.0 Å². The molecule has 0 saturated heterocycles. The highest BCUT2D eigenvalue weighted by Crippen LogP contribution is 2.32. The number of aromatic hydroxyl groups is 1. The number of benzene rings is 1. The van der Waals surface area contributed by atoms with Gasteiger partial charge in [-0.3, -0.25) is 5.10 Å². The van der Waals surface area contributed by atoms with E-state index in [1.807, 2.05) is 12.1 Å². The molecule has 19 heavy (non-hydrogen) atoms. The van der Waals surface area contributed by atoms with Gasteiger partial charge in [0.1, 0.15) is 5.75 Å². The minimum atomic E-state index is -0.956. The van der Waals surface area contributed by atoms with E-state index in [1.165, 1.54) is 4.90 Å². The Morgan fingerprint density at radius 1 is 1.42 bits per heavy atom. The fourth-order valence-corrected chi connectivity index (χ4v) is 2.38. The van der Waals surface area contributed by atoms with E-state index in [-0.39, 0.29) is 12.3 Å². The molecule has 2 aromatic rings. The predicted octanol–water partition coefficient (Wildman–Crippen LogP) is 1.82. The zero-order valence-corrected chi connectivity index (χ0v) is 10.1. The number of amides is 1. The smallest absolute Gasteiger partial charge is 0.407 e. The number of phenols is 1. The summed E-state index contributed by atoms with van der Waals surface area (Å²) < 4.78 is 0. The van der Waals surface area contributed by atoms with Crippen LogP contribution in [0.3, 0.4) is 0 Å². The van der Waals surface area contributed by atoms with Gasteiger partial charge in [0.15, 0.2) is 0 Å². The molecule has 0 spiro atoms. The highest BCUT2D eigenvalue weighted by Gasteiger charge is 2.23. The van der Waals surface area contributed by atoms with Crippen molar-refractivity contribution >= 4 is 6.09 Å². The van der Waals surface area contributed by atoms with Gasteiger partial charge in [0.05, 0.1) is 12.2 Å². The van der Waals surface area contributed by atoms with Gasteiger partial charge in [0, 0.05) is 23.9 Å². The number of nitrogens with zero attached hydrogens (tertiary/aromatic N) is 2. The second-order valence-corrected chi connectivity index (χ2v) is 4.56. The molecule has 0 unspecified atom stereocenters. The van der Waals surface area contributed by atoms with E-state index in [0.717, 1.165) is 16.8 Å². The molecule has 0 atom stereocenters. The van der Waals surface area contributed by atoms with Crippen molar-refractivity contribution in [2.75, 3.05) is 6.54 Å². The summed E-state index contributed by atoms with van der Waals surface area (Å²) in [5, 5.41) is 25.8. The second-order valence-electron chi connectivity index (χ2n) is 4.56. The molecule has 98 valence electrons. The molecule has 2 heterocycles. The quantitative estimate of drug-likeness (QED) is 0.728. The van der Waals surface area contributed by atoms with Crippen LogP contribution in [0.2, 0.25) is 0 Å². The second kappa shape index (κ2) is 4.31. The number of H-pyrrole nitrogens is 1. The average molecular weight is 259 g/mol. The fourth-order valence-electron chi connectivity index (χ4n) is 2.38. The number of aromatic nitrogens is 2. The van der Waals surface area contributed by atoms with Gasteiger partial charge in [0.2, 0.25) is 0 Å². The molecule has 1 aliphatic rings. The molecule has 0 radical (unpaired) electrons. The van der Waals surface area contributed by atoms with Crippen molar-refractivity contribution in [1.29, 1.82) is 0 Å². The van der Waals surface area contributed by atoms with Gasteiger partial charge in [-0.15, -0.1) is 0 Å². The normalized spacial score (nSPS) is 14.2. The summed E-state index contributed by atoms with van der Waals surface area (Å²) in [6.07, 6.45) is 1.30. The number of fused-ring (bicyclic) bond motifs is 1. The zero-order chi connectivity index (χ0) is 13.4. The molecule has 6 heteroatoms. The first-order valence-corrected chi connectivity index (χ1v) is 5.97. The standard InChI is InChI=1S/C13H13N3O3/c17-12-6-9(11-1-3-14-15-11)5-8-2-4-16(13(18)19)7-10(8)12/h1,3,5-6,17H,2,4,7H2,(H,14,15)(H,18,19). The van der Waals surface area contributed by atoms with Gasteiger partial charge in [-0.05, 0) is 30.2 Å². The summed E-state index contributed by atoms with van der Waals surface area (Å²) in [4.78, 5) is 12.3. The lowest BCUT2D eigenvalue weighted by molar-refractivity contribution is 0.139. The number of phenolic OH excluding ortho intramolecular Hbond substituents is 1. The molecule has 1 aliphatic heterocycles. The SMILES string of the molecule is O=C(O)N1CCc2cc(-c3ccn[nH]3)cc(O)c2C1. The van der Waals surface area contributed by atoms with Crippen LogP contribution in [0.1, 0.15) is 11.1 Å². The highest BCUT2D eigenvalue weighted by molar-refractivity contribution is 5.68. The summed E-state index contributed by atoms with van der Waals surface area (Å²) in [7, 11) is 0. The Hall–Kier alpha value is -2.50. The topological polar surface area (TPSA) is 89.5 Å². The molecule has 1 aromatic heterocycles. The van der Waals surface area contributed by atoms with Crippen LogP contribution in [-0.4, -0.2) is 37.9 Å². The minimum Gasteiger partial charge on any atom is -0.508 e. The van der Waals surface area contributed by atoms with Crippen LogP contribution in [0, 0.1) is 0 Å². The molecule has 1 aromatic carbocycles. The largest absolute Gasteiger partial charge is 0.508 e. The Morgan fingerprint density at radius 3 is 2.95 bits per heavy atom. The number of rotatable bonds is 1. The molecule has 6 nitrogen and oxygen atoms in total. The van der Waals surface area contributed by atoms with Gasteiger partial charge < -0.3 is 15.1 Å². The summed E-state index contributed by atoms with van der Waals surface area (Å²) in [6, 6.07) is 5.44. The van der Waals surface area contributed by atoms with Crippen LogP contribution in [0.4, 0.5) is 4.79 Å². The number of aromatic amines is 1. The van der Waals surface area contributed by atoms with E-state index < -0.39 is 6.09 Å². The Bertz CT molecular complexity index is 622. The lowest BCUT2D eigenvalue weighted by atomic mass is 9.95. The van der Waals surface area contributed by atoms with Crippen molar-refractivity contribution in [1.82, 2.24) is 15.1 Å². The third-order valence-electron chi connectivity index (χ3n) is 3.40. The highest BCUT2D eigenvalue weighted by atomic mass is 16.4. The van der Waals surface area contributed by atoms with Gasteiger partial charge in [-0.25, -0.2) is 4.79 Å². The maximum atomic E-state index is 11.0. The maximum Gasteiger partial charge on any atom is 0.407 e. The summed E-state index contributed by atoms with van der Waals surface area (Å²) >= 11 is 0. The van der Waals surface area contributed by atoms with Crippen LogP contribution >= 0.6 is 0 Å². The molecule has 0 fully saturated rings. The minimum absolute atomic E-state index is 0.132. The van der Waals surface area contributed by atoms with E-state index in [1.54, 1.807) is 12.3 Å². The first-order chi connectivity index (χ1) is 9.15. The monoisotopic (exact) mass is 259 g/mol. The first kappa shape index (κ1) is 11.6. The molecule has 3 N–H and O–H groups in total. The number of hydrogen-bond donors (Lipinski definition) is 3. The third-order valence-corrected chi connectivity index (χ3v) is 3.40. The molecule has 0 saturated carbocycles. The summed E-state index contributed by atoms with van der Waals surface area (Å²) in [5.74, 6) is 0.132. The molecule has 0 bridgehead atoms. The lowest BCUT2D eigenvalue weighted by Gasteiger charge is -2.27. The Balaban J connectivity index is 2.00. The molecule has 1 amide bonds. The van der Waals surface area contributed by atoms with Crippen molar-refractivity contribution < 1.29 is 15.0 Å². The Labute approximate surface area is 109 Å². The molecule has 3 rings (SSSR count). The van der Waals surface area contributed by atoms with Crippen molar-refractivity contribution in [3.63, 3.8) is 0 Å². The number of hydrogen-bond acceptors (Lipinski definition) is 3. The third kappa shape index (κ3) is 2.01. The first-order valence-electron chi connectivity index (χ1n) is 5.97. The van der Waals surface area contributed by atoms with E-state index in [2.05, 4.69) is 10.2 Å². The van der Waals surface area contributed by atoms with Crippen molar-refractivity contribution in [2.45, 2.75) is 13.0 Å². The lowest BCUT2D eigenvalue weighted by Crippen LogP contribution is -2.34. The average Bonchev–Trinajstić information content (AvgIpc) is 2.92. The van der Waals surface area contributed by atoms with Crippen molar-refractivity contribution in [2.24, 2.45) is 0 Å². The van der Waals surface area contributed by atoms with E-state index in [0.29, 0.717) is 18.5 Å². The van der Waals surface area contributed by atoms with Crippen LogP contribution in [0.5, 0.6) is 5.75 Å². The predicted molar refractivity (Wildman–Crippen MR) is 67.8 cm³/mol.